The van der Waals surface area contributed by atoms with E-state index in [4.69, 9.17) is 10.8 Å². The molecule has 4 nitrogen and oxygen atoms in total. The van der Waals surface area contributed by atoms with Gasteiger partial charge in [-0.3, -0.25) is 4.79 Å². The number of nitrogens with two attached hydrogens (primary N) is 1. The summed E-state index contributed by atoms with van der Waals surface area (Å²) >= 11 is 0. The lowest BCUT2D eigenvalue weighted by Gasteiger charge is -2.13. The number of rotatable bonds is 16. The third kappa shape index (κ3) is 15.8. The molecule has 0 aromatic carbocycles. The van der Waals surface area contributed by atoms with Crippen LogP contribution in [0.15, 0.2) is 0 Å². The zero-order valence-electron chi connectivity index (χ0n) is 14.4. The van der Waals surface area contributed by atoms with E-state index in [1.165, 1.54) is 57.8 Å². The Hall–Kier alpha value is -0.610. The molecule has 2 unspecified atom stereocenters. The van der Waals surface area contributed by atoms with Gasteiger partial charge in [-0.05, 0) is 19.3 Å². The first-order chi connectivity index (χ1) is 10.6. The molecule has 0 rings (SSSR count). The van der Waals surface area contributed by atoms with Crippen molar-refractivity contribution in [2.24, 2.45) is 5.73 Å². The molecule has 4 heteroatoms. The molecule has 132 valence electrons. The number of aliphatic carboxylic acids is 1. The lowest BCUT2D eigenvalue weighted by Crippen LogP contribution is -2.25. The van der Waals surface area contributed by atoms with Crippen molar-refractivity contribution in [1.29, 1.82) is 0 Å². The van der Waals surface area contributed by atoms with E-state index in [1.807, 2.05) is 0 Å². The van der Waals surface area contributed by atoms with Crippen LogP contribution in [0.1, 0.15) is 96.8 Å². The summed E-state index contributed by atoms with van der Waals surface area (Å²) in [6.07, 6.45) is 14.7. The molecule has 0 bridgehead atoms. The average molecular weight is 315 g/mol. The van der Waals surface area contributed by atoms with Crippen molar-refractivity contribution in [3.05, 3.63) is 0 Å². The number of aliphatic hydroxyl groups is 1. The maximum Gasteiger partial charge on any atom is 0.304 e. The molecule has 0 heterocycles. The SMILES string of the molecule is CCCCCCCCCCCCC(O)CCC(N)CC(=O)O. The molecule has 0 aliphatic carbocycles. The van der Waals surface area contributed by atoms with Gasteiger partial charge in [-0.15, -0.1) is 0 Å². The lowest BCUT2D eigenvalue weighted by molar-refractivity contribution is -0.137. The van der Waals surface area contributed by atoms with Crippen molar-refractivity contribution < 1.29 is 15.0 Å². The second-order valence-corrected chi connectivity index (χ2v) is 6.56. The minimum atomic E-state index is -0.864. The molecule has 0 radical (unpaired) electrons. The van der Waals surface area contributed by atoms with Crippen LogP contribution in [0, 0.1) is 0 Å². The number of carbonyl (C=O) groups is 1. The topological polar surface area (TPSA) is 83.5 Å². The Kier molecular flexibility index (Phi) is 14.9. The average Bonchev–Trinajstić information content (AvgIpc) is 2.46. The highest BCUT2D eigenvalue weighted by Gasteiger charge is 2.11. The zero-order chi connectivity index (χ0) is 16.6. The van der Waals surface area contributed by atoms with Crippen LogP contribution in [-0.2, 0) is 4.79 Å². The highest BCUT2D eigenvalue weighted by molar-refractivity contribution is 5.67. The molecule has 0 aromatic rings. The van der Waals surface area contributed by atoms with Crippen molar-refractivity contribution in [3.8, 4) is 0 Å². The van der Waals surface area contributed by atoms with Gasteiger partial charge in [0.05, 0.1) is 12.5 Å². The summed E-state index contributed by atoms with van der Waals surface area (Å²) in [4.78, 5) is 10.5. The van der Waals surface area contributed by atoms with E-state index >= 15 is 0 Å². The number of hydrogen-bond acceptors (Lipinski definition) is 3. The Morgan fingerprint density at radius 1 is 0.864 bits per heavy atom. The van der Waals surface area contributed by atoms with Crippen LogP contribution >= 0.6 is 0 Å². The summed E-state index contributed by atoms with van der Waals surface area (Å²) in [6, 6.07) is -0.333. The minimum Gasteiger partial charge on any atom is -0.481 e. The van der Waals surface area contributed by atoms with Gasteiger partial charge in [0.25, 0.3) is 0 Å². The van der Waals surface area contributed by atoms with E-state index in [0.29, 0.717) is 12.8 Å². The zero-order valence-corrected chi connectivity index (χ0v) is 14.4. The Morgan fingerprint density at radius 2 is 1.36 bits per heavy atom. The number of hydrogen-bond donors (Lipinski definition) is 3. The number of carboxylic acids is 1. The standard InChI is InChI=1S/C18H37NO3/c1-2-3-4-5-6-7-8-9-10-11-12-17(20)14-13-16(19)15-18(21)22/h16-17,20H,2-15,19H2,1H3,(H,21,22). The summed E-state index contributed by atoms with van der Waals surface area (Å²) < 4.78 is 0. The maximum atomic E-state index is 10.5. The second kappa shape index (κ2) is 15.3. The fourth-order valence-corrected chi connectivity index (χ4v) is 2.74. The molecular weight excluding hydrogens is 278 g/mol. The Morgan fingerprint density at radius 3 is 1.86 bits per heavy atom. The van der Waals surface area contributed by atoms with E-state index in [1.54, 1.807) is 0 Å². The molecule has 0 fully saturated rings. The van der Waals surface area contributed by atoms with Crippen LogP contribution in [0.3, 0.4) is 0 Å². The molecule has 0 spiro atoms. The van der Waals surface area contributed by atoms with Crippen LogP contribution in [-0.4, -0.2) is 28.3 Å². The van der Waals surface area contributed by atoms with E-state index in [9.17, 15) is 9.90 Å². The molecule has 0 aliphatic rings. The first-order valence-corrected chi connectivity index (χ1v) is 9.21. The second-order valence-electron chi connectivity index (χ2n) is 6.56. The molecule has 2 atom stereocenters. The van der Waals surface area contributed by atoms with Gasteiger partial charge in [0.1, 0.15) is 0 Å². The number of carboxylic acid groups (broad SMARTS) is 1. The van der Waals surface area contributed by atoms with E-state index in [-0.39, 0.29) is 18.6 Å². The fraction of sp³-hybridized carbons (Fsp3) is 0.944. The fourth-order valence-electron chi connectivity index (χ4n) is 2.74. The first kappa shape index (κ1) is 21.4. The number of aliphatic hydroxyl groups excluding tert-OH is 1. The third-order valence-electron chi connectivity index (χ3n) is 4.20. The van der Waals surface area contributed by atoms with Crippen LogP contribution in [0.2, 0.25) is 0 Å². The van der Waals surface area contributed by atoms with Crippen LogP contribution in [0.4, 0.5) is 0 Å². The van der Waals surface area contributed by atoms with Crippen molar-refractivity contribution in [2.45, 2.75) is 109 Å². The highest BCUT2D eigenvalue weighted by atomic mass is 16.4. The molecule has 22 heavy (non-hydrogen) atoms. The summed E-state index contributed by atoms with van der Waals surface area (Å²) in [5, 5.41) is 18.5. The van der Waals surface area contributed by atoms with Gasteiger partial charge in [0.15, 0.2) is 0 Å². The van der Waals surface area contributed by atoms with Crippen molar-refractivity contribution in [2.75, 3.05) is 0 Å². The Balaban J connectivity index is 3.28. The van der Waals surface area contributed by atoms with Gasteiger partial charge in [-0.2, -0.15) is 0 Å². The quantitative estimate of drug-likeness (QED) is 0.372. The predicted octanol–water partition coefficient (Wildman–Crippen LogP) is 4.24. The molecule has 0 aromatic heterocycles. The Labute approximate surface area is 136 Å². The first-order valence-electron chi connectivity index (χ1n) is 9.21. The van der Waals surface area contributed by atoms with Gasteiger partial charge in [-0.25, -0.2) is 0 Å². The predicted molar refractivity (Wildman–Crippen MR) is 91.9 cm³/mol. The van der Waals surface area contributed by atoms with Crippen LogP contribution in [0.5, 0.6) is 0 Å². The van der Waals surface area contributed by atoms with E-state index in [0.717, 1.165) is 12.8 Å². The van der Waals surface area contributed by atoms with E-state index < -0.39 is 5.97 Å². The van der Waals surface area contributed by atoms with Gasteiger partial charge in [-0.1, -0.05) is 71.1 Å². The van der Waals surface area contributed by atoms with Gasteiger partial charge in [0.2, 0.25) is 0 Å². The van der Waals surface area contributed by atoms with E-state index in [2.05, 4.69) is 6.92 Å². The largest absolute Gasteiger partial charge is 0.481 e. The summed E-state index contributed by atoms with van der Waals surface area (Å²) in [5.41, 5.74) is 5.68. The summed E-state index contributed by atoms with van der Waals surface area (Å²) in [7, 11) is 0. The third-order valence-corrected chi connectivity index (χ3v) is 4.20. The normalized spacial score (nSPS) is 14.0. The van der Waals surface area contributed by atoms with Crippen molar-refractivity contribution in [3.63, 3.8) is 0 Å². The molecular formula is C18H37NO3. The molecule has 0 aliphatic heterocycles. The smallest absolute Gasteiger partial charge is 0.304 e. The summed E-state index contributed by atoms with van der Waals surface area (Å²) in [5.74, 6) is -0.864. The van der Waals surface area contributed by atoms with Crippen molar-refractivity contribution >= 4 is 5.97 Å². The molecule has 0 saturated carbocycles. The molecule has 4 N–H and O–H groups in total. The van der Waals surface area contributed by atoms with Gasteiger partial charge >= 0.3 is 5.97 Å². The minimum absolute atomic E-state index is 0.00895. The molecule has 0 saturated heterocycles. The van der Waals surface area contributed by atoms with Crippen LogP contribution < -0.4 is 5.73 Å². The van der Waals surface area contributed by atoms with Gasteiger partial charge < -0.3 is 15.9 Å². The lowest BCUT2D eigenvalue weighted by atomic mass is 10.0. The monoisotopic (exact) mass is 315 g/mol. The maximum absolute atomic E-state index is 10.5. The van der Waals surface area contributed by atoms with Gasteiger partial charge in [0, 0.05) is 6.04 Å². The molecule has 0 amide bonds. The van der Waals surface area contributed by atoms with Crippen LogP contribution in [0.25, 0.3) is 0 Å². The highest BCUT2D eigenvalue weighted by Crippen LogP contribution is 2.14. The Bertz CT molecular complexity index is 259. The van der Waals surface area contributed by atoms with Crippen molar-refractivity contribution in [1.82, 2.24) is 0 Å². The number of unbranched alkanes of at least 4 members (excludes halogenated alkanes) is 9. The summed E-state index contributed by atoms with van der Waals surface area (Å²) in [6.45, 7) is 2.24.